The molecule has 0 radical (unpaired) electrons. The normalized spacial score (nSPS) is 17.7. The third-order valence-electron chi connectivity index (χ3n) is 5.76. The molecule has 0 aliphatic carbocycles. The largest absolute Gasteiger partial charge is 0.418 e. The van der Waals surface area contributed by atoms with Crippen molar-refractivity contribution in [2.45, 2.75) is 28.2 Å². The smallest absolute Gasteiger partial charge is 0.338 e. The number of anilines is 2. The molecule has 0 bridgehead atoms. The highest BCUT2D eigenvalue weighted by Crippen LogP contribution is 2.51. The van der Waals surface area contributed by atoms with Crippen molar-refractivity contribution in [3.8, 4) is 0 Å². The van der Waals surface area contributed by atoms with Crippen LogP contribution in [0.25, 0.3) is 0 Å². The first kappa shape index (κ1) is 22.6. The summed E-state index contributed by atoms with van der Waals surface area (Å²) in [5, 5.41) is 0. The van der Waals surface area contributed by atoms with Gasteiger partial charge in [-0.1, -0.05) is 30.3 Å². The summed E-state index contributed by atoms with van der Waals surface area (Å²) < 4.78 is 79.1. The maximum Gasteiger partial charge on any atom is 0.418 e. The number of nitrogens with zero attached hydrogens (tertiary/aromatic N) is 1. The monoisotopic (exact) mass is 489 g/mol. The molecule has 1 spiro atoms. The number of ether oxygens (including phenoxy) is 2. The Morgan fingerprint density at radius 2 is 1.47 bits per heavy atom. The maximum absolute atomic E-state index is 13.8. The highest BCUT2D eigenvalue weighted by atomic mass is 32.2. The predicted molar refractivity (Wildman–Crippen MR) is 115 cm³/mol. The highest BCUT2D eigenvalue weighted by molar-refractivity contribution is 7.91. The Labute approximate surface area is 193 Å². The van der Waals surface area contributed by atoms with Gasteiger partial charge in [0.05, 0.1) is 39.9 Å². The third-order valence-corrected chi connectivity index (χ3v) is 7.53. The molecule has 0 N–H and O–H groups in total. The van der Waals surface area contributed by atoms with Crippen molar-refractivity contribution in [2.24, 2.45) is 0 Å². The van der Waals surface area contributed by atoms with Gasteiger partial charge in [-0.2, -0.15) is 13.2 Å². The number of alkyl halides is 3. The molecule has 176 valence electrons. The SMILES string of the molecule is O=C1N(c2ccccc2C(F)(F)F)c2ccc(S(=O)(=O)c3ccccc3)cc2C12OCCCO2. The number of hydrogen-bond donors (Lipinski definition) is 0. The Hall–Kier alpha value is -3.21. The standard InChI is InChI=1S/C24H18F3NO5S/c25-24(26,27)18-9-4-5-10-20(18)28-21-12-11-17(34(30,31)16-7-2-1-3-8-16)15-19(21)23(22(28)29)32-13-6-14-33-23/h1-5,7-12,15H,6,13-14H2. The van der Waals surface area contributed by atoms with Gasteiger partial charge in [0.25, 0.3) is 11.7 Å². The van der Waals surface area contributed by atoms with Crippen LogP contribution in [0.1, 0.15) is 17.5 Å². The minimum absolute atomic E-state index is 0.0399. The fourth-order valence-corrected chi connectivity index (χ4v) is 5.52. The van der Waals surface area contributed by atoms with Gasteiger partial charge in [-0.3, -0.25) is 9.69 Å². The van der Waals surface area contributed by atoms with E-state index in [9.17, 15) is 26.4 Å². The van der Waals surface area contributed by atoms with Crippen LogP contribution in [0.3, 0.4) is 0 Å². The molecule has 10 heteroatoms. The zero-order chi connectivity index (χ0) is 24.1. The van der Waals surface area contributed by atoms with Gasteiger partial charge in [-0.05, 0) is 48.9 Å². The lowest BCUT2D eigenvalue weighted by molar-refractivity contribution is -0.256. The van der Waals surface area contributed by atoms with Crippen LogP contribution in [0.5, 0.6) is 0 Å². The lowest BCUT2D eigenvalue weighted by atomic mass is 10.1. The summed E-state index contributed by atoms with van der Waals surface area (Å²) in [5.41, 5.74) is -1.29. The number of hydrogen-bond acceptors (Lipinski definition) is 5. The van der Waals surface area contributed by atoms with Gasteiger partial charge in [0, 0.05) is 5.56 Å². The lowest BCUT2D eigenvalue weighted by Gasteiger charge is -2.32. The molecule has 3 aromatic rings. The number of amides is 1. The molecule has 2 aliphatic heterocycles. The van der Waals surface area contributed by atoms with E-state index in [-0.39, 0.29) is 34.3 Å². The highest BCUT2D eigenvalue weighted by Gasteiger charge is 2.56. The molecule has 5 rings (SSSR count). The number of fused-ring (bicyclic) bond motifs is 2. The molecule has 34 heavy (non-hydrogen) atoms. The molecule has 0 atom stereocenters. The molecule has 2 aliphatic rings. The Morgan fingerprint density at radius 3 is 2.15 bits per heavy atom. The average molecular weight is 489 g/mol. The van der Waals surface area contributed by atoms with E-state index in [1.807, 2.05) is 0 Å². The Bertz CT molecular complexity index is 1370. The summed E-state index contributed by atoms with van der Waals surface area (Å²) in [4.78, 5) is 14.4. The molecule has 1 amide bonds. The van der Waals surface area contributed by atoms with Gasteiger partial charge in [0.1, 0.15) is 0 Å². The number of carbonyl (C=O) groups is 1. The van der Waals surface area contributed by atoms with Crippen LogP contribution in [0.2, 0.25) is 0 Å². The van der Waals surface area contributed by atoms with E-state index in [1.54, 1.807) is 18.2 Å². The van der Waals surface area contributed by atoms with Crippen molar-refractivity contribution >= 4 is 27.1 Å². The number of halogens is 3. The van der Waals surface area contributed by atoms with Crippen molar-refractivity contribution < 1.29 is 35.9 Å². The van der Waals surface area contributed by atoms with Crippen LogP contribution in [-0.2, 0) is 36.1 Å². The Morgan fingerprint density at radius 1 is 0.824 bits per heavy atom. The first-order chi connectivity index (χ1) is 16.2. The predicted octanol–water partition coefficient (Wildman–Crippen LogP) is 4.81. The average Bonchev–Trinajstić information content (AvgIpc) is 3.06. The molecule has 2 heterocycles. The van der Waals surface area contributed by atoms with E-state index in [1.165, 1.54) is 48.5 Å². The van der Waals surface area contributed by atoms with Gasteiger partial charge < -0.3 is 9.47 Å². The molecule has 1 saturated heterocycles. The van der Waals surface area contributed by atoms with E-state index in [0.717, 1.165) is 11.0 Å². The molecule has 6 nitrogen and oxygen atoms in total. The van der Waals surface area contributed by atoms with E-state index in [4.69, 9.17) is 9.47 Å². The zero-order valence-corrected chi connectivity index (χ0v) is 18.4. The summed E-state index contributed by atoms with van der Waals surface area (Å²) in [6.45, 7) is 0.241. The molecule has 0 aromatic heterocycles. The van der Waals surface area contributed by atoms with Crippen molar-refractivity contribution in [2.75, 3.05) is 18.1 Å². The summed E-state index contributed by atoms with van der Waals surface area (Å²) >= 11 is 0. The fourth-order valence-electron chi connectivity index (χ4n) is 4.21. The number of benzene rings is 3. The zero-order valence-electron chi connectivity index (χ0n) is 17.6. The van der Waals surface area contributed by atoms with Crippen molar-refractivity contribution in [3.05, 3.63) is 83.9 Å². The van der Waals surface area contributed by atoms with E-state index < -0.39 is 39.0 Å². The third kappa shape index (κ3) is 3.41. The summed E-state index contributed by atoms with van der Waals surface area (Å²) in [6, 6.07) is 16.2. The number of para-hydroxylation sites is 1. The van der Waals surface area contributed by atoms with E-state index >= 15 is 0 Å². The number of rotatable bonds is 3. The number of sulfone groups is 1. The lowest BCUT2D eigenvalue weighted by Crippen LogP contribution is -2.46. The summed E-state index contributed by atoms with van der Waals surface area (Å²) in [6.07, 6.45) is -4.25. The van der Waals surface area contributed by atoms with Crippen LogP contribution in [-0.4, -0.2) is 27.5 Å². The van der Waals surface area contributed by atoms with Gasteiger partial charge in [-0.15, -0.1) is 0 Å². The fraction of sp³-hybridized carbons (Fsp3) is 0.208. The van der Waals surface area contributed by atoms with Gasteiger partial charge in [-0.25, -0.2) is 8.42 Å². The van der Waals surface area contributed by atoms with Gasteiger partial charge in [0.2, 0.25) is 9.84 Å². The van der Waals surface area contributed by atoms with Crippen molar-refractivity contribution in [1.29, 1.82) is 0 Å². The van der Waals surface area contributed by atoms with E-state index in [2.05, 4.69) is 0 Å². The molecular weight excluding hydrogens is 471 g/mol. The molecular formula is C24H18F3NO5S. The van der Waals surface area contributed by atoms with Crippen LogP contribution < -0.4 is 4.90 Å². The van der Waals surface area contributed by atoms with Gasteiger partial charge in [0.15, 0.2) is 0 Å². The number of carbonyl (C=O) groups excluding carboxylic acids is 1. The van der Waals surface area contributed by atoms with Crippen LogP contribution >= 0.6 is 0 Å². The Balaban J connectivity index is 1.72. The second-order valence-corrected chi connectivity index (χ2v) is 9.77. The maximum atomic E-state index is 13.8. The molecule has 3 aromatic carbocycles. The quantitative estimate of drug-likeness (QED) is 0.528. The Kier molecular flexibility index (Phi) is 5.27. The van der Waals surface area contributed by atoms with Crippen molar-refractivity contribution in [1.82, 2.24) is 0 Å². The van der Waals surface area contributed by atoms with Gasteiger partial charge >= 0.3 is 6.18 Å². The van der Waals surface area contributed by atoms with E-state index in [0.29, 0.717) is 6.42 Å². The van der Waals surface area contributed by atoms with Crippen LogP contribution in [0.15, 0.2) is 82.6 Å². The van der Waals surface area contributed by atoms with Crippen LogP contribution in [0, 0.1) is 0 Å². The second kappa shape index (κ2) is 7.93. The summed E-state index contributed by atoms with van der Waals surface area (Å²) in [7, 11) is -3.97. The molecule has 1 fully saturated rings. The summed E-state index contributed by atoms with van der Waals surface area (Å²) in [5.74, 6) is -2.90. The molecule has 0 saturated carbocycles. The minimum atomic E-state index is -4.72. The second-order valence-electron chi connectivity index (χ2n) is 7.82. The molecule has 0 unspecified atom stereocenters. The van der Waals surface area contributed by atoms with Crippen LogP contribution in [0.4, 0.5) is 24.5 Å². The topological polar surface area (TPSA) is 72.9 Å². The first-order valence-corrected chi connectivity index (χ1v) is 11.9. The minimum Gasteiger partial charge on any atom is -0.338 e. The van der Waals surface area contributed by atoms with Crippen molar-refractivity contribution in [3.63, 3.8) is 0 Å². The first-order valence-electron chi connectivity index (χ1n) is 10.4.